The summed E-state index contributed by atoms with van der Waals surface area (Å²) in [7, 11) is 1.59. The quantitative estimate of drug-likeness (QED) is 0.343. The molecule has 1 aliphatic rings. The van der Waals surface area contributed by atoms with Gasteiger partial charge in [0.15, 0.2) is 0 Å². The van der Waals surface area contributed by atoms with Crippen molar-refractivity contribution in [3.05, 3.63) is 105 Å². The first-order valence-electron chi connectivity index (χ1n) is 9.56. The van der Waals surface area contributed by atoms with E-state index in [1.54, 1.807) is 30.2 Å². The lowest BCUT2D eigenvalue weighted by Gasteiger charge is -2.19. The summed E-state index contributed by atoms with van der Waals surface area (Å²) in [6, 6.07) is 21.0. The molecule has 31 heavy (non-hydrogen) atoms. The molecule has 0 spiro atoms. The van der Waals surface area contributed by atoms with Crippen LogP contribution in [0.5, 0.6) is 5.75 Å². The Morgan fingerprint density at radius 3 is 2.35 bits per heavy atom. The molecule has 0 radical (unpaired) electrons. The van der Waals surface area contributed by atoms with Crippen molar-refractivity contribution >= 4 is 29.2 Å². The summed E-state index contributed by atoms with van der Waals surface area (Å²) in [5.41, 5.74) is 3.39. The average Bonchev–Trinajstić information content (AvgIpc) is 3.10. The molecule has 0 saturated heterocycles. The molecule has 1 aliphatic heterocycles. The van der Waals surface area contributed by atoms with Crippen molar-refractivity contribution in [1.29, 1.82) is 0 Å². The van der Waals surface area contributed by atoms with Gasteiger partial charge in [-0.15, -0.1) is 0 Å². The zero-order valence-corrected chi connectivity index (χ0v) is 17.0. The monoisotopic (exact) mass is 413 g/mol. The normalized spacial score (nSPS) is 14.6. The third-order valence-electron chi connectivity index (χ3n) is 4.88. The molecule has 0 aromatic heterocycles. The van der Waals surface area contributed by atoms with Gasteiger partial charge in [-0.05, 0) is 72.7 Å². The first-order valence-corrected chi connectivity index (χ1v) is 9.56. The van der Waals surface area contributed by atoms with E-state index in [2.05, 4.69) is 4.99 Å². The number of hydrogen-bond donors (Lipinski definition) is 0. The number of aryl methyl sites for hydroxylation is 1. The standard InChI is InChI=1S/C24H19N3O4/c1-16-4-3-5-20(14-16)26-23(18-8-12-21(31-2)13-9-18)25-22(24(26)28)15-17-6-10-19(11-7-17)27(29)30/h3-15H,1-2H3/b22-15+. The lowest BCUT2D eigenvalue weighted by Crippen LogP contribution is -2.32. The van der Waals surface area contributed by atoms with Crippen molar-refractivity contribution < 1.29 is 14.5 Å². The van der Waals surface area contributed by atoms with E-state index in [-0.39, 0.29) is 17.3 Å². The van der Waals surface area contributed by atoms with Crippen LogP contribution in [0.1, 0.15) is 16.7 Å². The second kappa shape index (κ2) is 8.23. The molecule has 0 saturated carbocycles. The van der Waals surface area contributed by atoms with Crippen molar-refractivity contribution in [3.63, 3.8) is 0 Å². The number of amidine groups is 1. The first-order chi connectivity index (χ1) is 15.0. The molecule has 4 rings (SSSR count). The molecule has 7 nitrogen and oxygen atoms in total. The second-order valence-electron chi connectivity index (χ2n) is 7.02. The van der Waals surface area contributed by atoms with Crippen LogP contribution in [0.2, 0.25) is 0 Å². The van der Waals surface area contributed by atoms with Crippen LogP contribution in [0.4, 0.5) is 11.4 Å². The van der Waals surface area contributed by atoms with Gasteiger partial charge in [0.05, 0.1) is 17.7 Å². The SMILES string of the molecule is COc1ccc(C2=N/C(=C/c3ccc([N+](=O)[O-])cc3)C(=O)N2c2cccc(C)c2)cc1. The third kappa shape index (κ3) is 4.06. The van der Waals surface area contributed by atoms with Gasteiger partial charge in [-0.1, -0.05) is 12.1 Å². The van der Waals surface area contributed by atoms with Gasteiger partial charge < -0.3 is 4.74 Å². The summed E-state index contributed by atoms with van der Waals surface area (Å²) in [5.74, 6) is 0.943. The summed E-state index contributed by atoms with van der Waals surface area (Å²) >= 11 is 0. The van der Waals surface area contributed by atoms with Crippen LogP contribution in [0.25, 0.3) is 6.08 Å². The molecular weight excluding hydrogens is 394 g/mol. The third-order valence-corrected chi connectivity index (χ3v) is 4.88. The van der Waals surface area contributed by atoms with E-state index >= 15 is 0 Å². The van der Waals surface area contributed by atoms with Crippen molar-refractivity contribution in [2.45, 2.75) is 6.92 Å². The fraction of sp³-hybridized carbons (Fsp3) is 0.0833. The van der Waals surface area contributed by atoms with Gasteiger partial charge >= 0.3 is 0 Å². The predicted molar refractivity (Wildman–Crippen MR) is 119 cm³/mol. The van der Waals surface area contributed by atoms with Gasteiger partial charge in [0.2, 0.25) is 0 Å². The molecule has 7 heteroatoms. The summed E-state index contributed by atoms with van der Waals surface area (Å²) in [5, 5.41) is 10.9. The number of hydrogen-bond acceptors (Lipinski definition) is 5. The zero-order chi connectivity index (χ0) is 22.0. The van der Waals surface area contributed by atoms with Crippen LogP contribution in [0.15, 0.2) is 83.5 Å². The van der Waals surface area contributed by atoms with Gasteiger partial charge in [-0.3, -0.25) is 19.8 Å². The van der Waals surface area contributed by atoms with Crippen LogP contribution in [0, 0.1) is 17.0 Å². The highest BCUT2D eigenvalue weighted by Gasteiger charge is 2.32. The van der Waals surface area contributed by atoms with E-state index in [4.69, 9.17) is 4.74 Å². The second-order valence-corrected chi connectivity index (χ2v) is 7.02. The minimum Gasteiger partial charge on any atom is -0.497 e. The number of nitrogens with zero attached hydrogens (tertiary/aromatic N) is 3. The number of aliphatic imine (C=N–C) groups is 1. The number of nitro groups is 1. The summed E-state index contributed by atoms with van der Waals surface area (Å²) in [6.07, 6.45) is 1.63. The van der Waals surface area contributed by atoms with Gasteiger partial charge in [0, 0.05) is 17.7 Å². The summed E-state index contributed by atoms with van der Waals surface area (Å²) < 4.78 is 5.23. The van der Waals surface area contributed by atoms with Gasteiger partial charge in [-0.25, -0.2) is 4.99 Å². The van der Waals surface area contributed by atoms with Crippen LogP contribution in [0.3, 0.4) is 0 Å². The van der Waals surface area contributed by atoms with E-state index in [9.17, 15) is 14.9 Å². The van der Waals surface area contributed by atoms with Gasteiger partial charge in [-0.2, -0.15) is 0 Å². The molecule has 154 valence electrons. The van der Waals surface area contributed by atoms with E-state index in [1.807, 2.05) is 55.5 Å². The Morgan fingerprint density at radius 1 is 1.03 bits per heavy atom. The fourth-order valence-corrected chi connectivity index (χ4v) is 3.31. The van der Waals surface area contributed by atoms with E-state index in [0.29, 0.717) is 22.8 Å². The highest BCUT2D eigenvalue weighted by atomic mass is 16.6. The van der Waals surface area contributed by atoms with E-state index in [1.165, 1.54) is 12.1 Å². The number of nitro benzene ring substituents is 1. The van der Waals surface area contributed by atoms with Crippen LogP contribution < -0.4 is 9.64 Å². The lowest BCUT2D eigenvalue weighted by molar-refractivity contribution is -0.384. The Hall–Kier alpha value is -4.26. The number of ether oxygens (including phenoxy) is 1. The number of non-ortho nitro benzene ring substituents is 1. The van der Waals surface area contributed by atoms with Crippen molar-refractivity contribution in [2.75, 3.05) is 12.0 Å². The number of amides is 1. The molecule has 0 fully saturated rings. The lowest BCUT2D eigenvalue weighted by atomic mass is 10.1. The molecule has 0 N–H and O–H groups in total. The Balaban J connectivity index is 1.78. The maximum Gasteiger partial charge on any atom is 0.282 e. The Bertz CT molecular complexity index is 1210. The van der Waals surface area contributed by atoms with E-state index in [0.717, 1.165) is 11.1 Å². The van der Waals surface area contributed by atoms with Crippen LogP contribution in [-0.2, 0) is 4.79 Å². The summed E-state index contributed by atoms with van der Waals surface area (Å²) in [4.78, 5) is 29.9. The molecule has 1 heterocycles. The number of anilines is 1. The maximum absolute atomic E-state index is 13.3. The van der Waals surface area contributed by atoms with Gasteiger partial charge in [0.25, 0.3) is 11.6 Å². The molecule has 3 aromatic rings. The molecule has 0 unspecified atom stereocenters. The van der Waals surface area contributed by atoms with Crippen molar-refractivity contribution in [3.8, 4) is 5.75 Å². The number of methoxy groups -OCH3 is 1. The van der Waals surface area contributed by atoms with Gasteiger partial charge in [0.1, 0.15) is 17.3 Å². The topological polar surface area (TPSA) is 85.0 Å². The van der Waals surface area contributed by atoms with E-state index < -0.39 is 4.92 Å². The first kappa shape index (κ1) is 20.0. The number of carbonyl (C=O) groups excluding carboxylic acids is 1. The Morgan fingerprint density at radius 2 is 1.74 bits per heavy atom. The zero-order valence-electron chi connectivity index (χ0n) is 17.0. The Kier molecular flexibility index (Phi) is 5.32. The minimum atomic E-state index is -0.461. The number of carbonyl (C=O) groups is 1. The highest BCUT2D eigenvalue weighted by Crippen LogP contribution is 2.29. The van der Waals surface area contributed by atoms with Crippen molar-refractivity contribution in [2.24, 2.45) is 4.99 Å². The number of rotatable bonds is 5. The molecule has 0 bridgehead atoms. The maximum atomic E-state index is 13.3. The smallest absolute Gasteiger partial charge is 0.282 e. The van der Waals surface area contributed by atoms with Crippen LogP contribution in [-0.4, -0.2) is 23.8 Å². The molecule has 0 aliphatic carbocycles. The molecule has 1 amide bonds. The summed E-state index contributed by atoms with van der Waals surface area (Å²) in [6.45, 7) is 1.96. The minimum absolute atomic E-state index is 0.0105. The fourth-order valence-electron chi connectivity index (χ4n) is 3.31. The Labute approximate surface area is 179 Å². The molecular formula is C24H19N3O4. The van der Waals surface area contributed by atoms with Crippen LogP contribution >= 0.6 is 0 Å². The number of benzene rings is 3. The largest absolute Gasteiger partial charge is 0.497 e. The predicted octanol–water partition coefficient (Wildman–Crippen LogP) is 4.75. The molecule has 0 atom stereocenters. The average molecular weight is 413 g/mol. The van der Waals surface area contributed by atoms with Crippen molar-refractivity contribution in [1.82, 2.24) is 0 Å². The highest BCUT2D eigenvalue weighted by molar-refractivity contribution is 6.33. The molecule has 3 aromatic carbocycles.